The fourth-order valence-corrected chi connectivity index (χ4v) is 12.6. The summed E-state index contributed by atoms with van der Waals surface area (Å²) in [5, 5.41) is 10.4. The third-order valence-electron chi connectivity index (χ3n) is 8.88. The number of aromatic nitrogens is 1. The van der Waals surface area contributed by atoms with Crippen molar-refractivity contribution in [2.75, 3.05) is 20.8 Å². The lowest BCUT2D eigenvalue weighted by Gasteiger charge is -2.49. The van der Waals surface area contributed by atoms with Gasteiger partial charge < -0.3 is 32.3 Å². The molecule has 1 aromatic rings. The molecule has 2 rings (SSSR count). The molecule has 0 radical (unpaired) electrons. The first kappa shape index (κ1) is 41.4. The standard InChI is InChI=1S/C32H54F3NO9SSi/c1-11-12-26(40-9)14-13-24(8)15-28(45-47(21(2)3,22(4)5)23(6)7)27-16-25(19-37)17-31(41-10,43-27)18-29-36-30(20-42-29)44-46(38,39)32(33,34)35/h13-15,20-23,25-28,37H,11-12,16-19H2,1-10H3/b14-13+,24-15+/t25-,26-,27-,28+,31+/m1/s1. The van der Waals surface area contributed by atoms with Gasteiger partial charge in [0, 0.05) is 27.2 Å². The number of rotatable bonds is 18. The lowest BCUT2D eigenvalue weighted by atomic mass is 9.86. The van der Waals surface area contributed by atoms with Gasteiger partial charge in [-0.3, -0.25) is 0 Å². The summed E-state index contributed by atoms with van der Waals surface area (Å²) in [5.74, 6) is -2.77. The Morgan fingerprint density at radius 1 is 1.17 bits per heavy atom. The predicted molar refractivity (Wildman–Crippen MR) is 175 cm³/mol. The van der Waals surface area contributed by atoms with Crippen molar-refractivity contribution in [2.45, 2.75) is 134 Å². The molecule has 10 nitrogen and oxygen atoms in total. The molecule has 1 fully saturated rings. The average Bonchev–Trinajstić information content (AvgIpc) is 3.41. The molecule has 0 aromatic carbocycles. The molecular formula is C32H54F3NO9SSi. The number of ether oxygens (including phenoxy) is 3. The Hall–Kier alpha value is -1.75. The zero-order valence-electron chi connectivity index (χ0n) is 29.3. The Bertz CT molecular complexity index is 1260. The van der Waals surface area contributed by atoms with Crippen molar-refractivity contribution >= 4 is 18.4 Å². The third kappa shape index (κ3) is 10.6. The normalized spacial score (nSPS) is 23.3. The maximum absolute atomic E-state index is 12.9. The van der Waals surface area contributed by atoms with Crippen LogP contribution in [0.4, 0.5) is 13.2 Å². The second-order valence-corrected chi connectivity index (χ2v) is 20.2. The van der Waals surface area contributed by atoms with Gasteiger partial charge in [0.2, 0.25) is 14.2 Å². The van der Waals surface area contributed by atoms with Crippen molar-refractivity contribution in [2.24, 2.45) is 5.92 Å². The molecular weight excluding hydrogens is 659 g/mol. The molecule has 0 spiro atoms. The highest BCUT2D eigenvalue weighted by molar-refractivity contribution is 7.87. The molecule has 0 aliphatic carbocycles. The van der Waals surface area contributed by atoms with E-state index in [0.29, 0.717) is 12.7 Å². The fraction of sp³-hybridized carbons (Fsp3) is 0.781. The topological polar surface area (TPSA) is 127 Å². The van der Waals surface area contributed by atoms with Crippen molar-refractivity contribution in [3.8, 4) is 5.88 Å². The number of hydrogen-bond acceptors (Lipinski definition) is 10. The van der Waals surface area contributed by atoms with Gasteiger partial charge in [-0.2, -0.15) is 26.6 Å². The number of methoxy groups -OCH3 is 2. The Morgan fingerprint density at radius 3 is 2.28 bits per heavy atom. The van der Waals surface area contributed by atoms with E-state index in [1.54, 1.807) is 7.11 Å². The van der Waals surface area contributed by atoms with Crippen LogP contribution in [0.2, 0.25) is 16.6 Å². The van der Waals surface area contributed by atoms with Crippen LogP contribution >= 0.6 is 0 Å². The molecule has 47 heavy (non-hydrogen) atoms. The fourth-order valence-electron chi connectivity index (χ4n) is 6.70. The summed E-state index contributed by atoms with van der Waals surface area (Å²) in [6.45, 7) is 17.0. The van der Waals surface area contributed by atoms with E-state index < -0.39 is 47.8 Å². The van der Waals surface area contributed by atoms with Gasteiger partial charge in [0.1, 0.15) is 0 Å². The first-order valence-corrected chi connectivity index (χ1v) is 19.7. The second kappa shape index (κ2) is 17.3. The molecule has 272 valence electrons. The molecule has 1 aliphatic heterocycles. The lowest BCUT2D eigenvalue weighted by molar-refractivity contribution is -0.291. The molecule has 1 N–H and O–H groups in total. The summed E-state index contributed by atoms with van der Waals surface area (Å²) < 4.78 is 96.4. The van der Waals surface area contributed by atoms with Crippen molar-refractivity contribution in [1.82, 2.24) is 4.98 Å². The number of oxazole rings is 1. The first-order chi connectivity index (χ1) is 21.8. The number of nitrogens with zero attached hydrogens (tertiary/aromatic N) is 1. The van der Waals surface area contributed by atoms with Gasteiger partial charge in [0.05, 0.1) is 24.7 Å². The summed E-state index contributed by atoms with van der Waals surface area (Å²) >= 11 is 0. The van der Waals surface area contributed by atoms with E-state index in [-0.39, 0.29) is 54.0 Å². The van der Waals surface area contributed by atoms with Gasteiger partial charge in [-0.1, -0.05) is 78.7 Å². The van der Waals surface area contributed by atoms with Crippen LogP contribution < -0.4 is 4.18 Å². The van der Waals surface area contributed by atoms with E-state index in [0.717, 1.165) is 18.4 Å². The molecule has 5 atom stereocenters. The predicted octanol–water partition coefficient (Wildman–Crippen LogP) is 7.45. The maximum atomic E-state index is 12.9. The quantitative estimate of drug-likeness (QED) is 0.0709. The monoisotopic (exact) mass is 713 g/mol. The van der Waals surface area contributed by atoms with Crippen molar-refractivity contribution < 1.29 is 53.9 Å². The Morgan fingerprint density at radius 2 is 1.79 bits per heavy atom. The van der Waals surface area contributed by atoms with E-state index in [9.17, 15) is 26.7 Å². The zero-order valence-corrected chi connectivity index (χ0v) is 31.1. The highest BCUT2D eigenvalue weighted by Crippen LogP contribution is 2.46. The SMILES string of the molecule is CCC[C@H](/C=C/C(C)=C/[C@H](O[Si](C(C)C)(C(C)C)C(C)C)[C@H]1C[C@@H](CO)C[C@](Cc2nc(OS(=O)(=O)C(F)(F)F)co2)(OC)O1)OC. The first-order valence-electron chi connectivity index (χ1n) is 16.2. The smallest absolute Gasteiger partial charge is 0.445 e. The summed E-state index contributed by atoms with van der Waals surface area (Å²) in [5.41, 5.74) is -3.91. The molecule has 0 bridgehead atoms. The molecule has 0 saturated carbocycles. The average molecular weight is 714 g/mol. The van der Waals surface area contributed by atoms with Crippen LogP contribution in [0.5, 0.6) is 5.88 Å². The number of allylic oxidation sites excluding steroid dienone is 2. The molecule has 1 saturated heterocycles. The van der Waals surface area contributed by atoms with Gasteiger partial charge in [-0.25, -0.2) is 0 Å². The lowest BCUT2D eigenvalue weighted by Crippen LogP contribution is -2.56. The van der Waals surface area contributed by atoms with Gasteiger partial charge >= 0.3 is 15.6 Å². The molecule has 0 amide bonds. The van der Waals surface area contributed by atoms with Crippen LogP contribution in [-0.4, -0.2) is 77.3 Å². The van der Waals surface area contributed by atoms with E-state index in [1.807, 2.05) is 25.2 Å². The number of alkyl halides is 3. The minimum Gasteiger partial charge on any atom is -0.445 e. The Balaban J connectivity index is 2.56. The molecule has 1 aliphatic rings. The number of aliphatic hydroxyl groups excluding tert-OH is 1. The molecule has 2 heterocycles. The van der Waals surface area contributed by atoms with Gasteiger partial charge in [0.25, 0.3) is 5.88 Å². The van der Waals surface area contributed by atoms with Crippen molar-refractivity contribution in [3.05, 3.63) is 36.0 Å². The van der Waals surface area contributed by atoms with Crippen LogP contribution in [0.15, 0.2) is 34.5 Å². The van der Waals surface area contributed by atoms with Gasteiger partial charge in [-0.05, 0) is 42.3 Å². The third-order valence-corrected chi connectivity index (χ3v) is 15.9. The summed E-state index contributed by atoms with van der Waals surface area (Å²) in [6, 6.07) is 0. The summed E-state index contributed by atoms with van der Waals surface area (Å²) in [4.78, 5) is 3.81. The summed E-state index contributed by atoms with van der Waals surface area (Å²) in [6.07, 6.45) is 7.84. The number of halogens is 3. The van der Waals surface area contributed by atoms with E-state index in [2.05, 4.69) is 57.6 Å². The Labute approximate surface area is 279 Å². The minimum atomic E-state index is -5.94. The zero-order chi connectivity index (χ0) is 35.8. The van der Waals surface area contributed by atoms with Gasteiger partial charge in [0.15, 0.2) is 12.1 Å². The van der Waals surface area contributed by atoms with Gasteiger partial charge in [-0.15, -0.1) is 0 Å². The highest BCUT2D eigenvalue weighted by Gasteiger charge is 2.51. The molecule has 1 aromatic heterocycles. The number of hydrogen-bond donors (Lipinski definition) is 1. The van der Waals surface area contributed by atoms with Crippen LogP contribution in [0.25, 0.3) is 0 Å². The van der Waals surface area contributed by atoms with E-state index in [1.165, 1.54) is 7.11 Å². The largest absolute Gasteiger partial charge is 0.534 e. The van der Waals surface area contributed by atoms with E-state index in [4.69, 9.17) is 23.1 Å². The minimum absolute atomic E-state index is 0.0372. The van der Waals surface area contributed by atoms with Crippen LogP contribution in [-0.2, 0) is 35.2 Å². The second-order valence-electron chi connectivity index (χ2n) is 13.2. The van der Waals surface area contributed by atoms with Crippen molar-refractivity contribution in [1.29, 1.82) is 0 Å². The van der Waals surface area contributed by atoms with E-state index >= 15 is 0 Å². The van der Waals surface area contributed by atoms with Crippen LogP contribution in [0.3, 0.4) is 0 Å². The highest BCUT2D eigenvalue weighted by atomic mass is 32.2. The van der Waals surface area contributed by atoms with Crippen LogP contribution in [0, 0.1) is 5.92 Å². The van der Waals surface area contributed by atoms with Crippen molar-refractivity contribution in [3.63, 3.8) is 0 Å². The van der Waals surface area contributed by atoms with Crippen LogP contribution in [0.1, 0.15) is 87.0 Å². The molecule has 15 heteroatoms. The number of aliphatic hydroxyl groups is 1. The Kier molecular flexibility index (Phi) is 15.2. The molecule has 0 unspecified atom stereocenters. The summed E-state index contributed by atoms with van der Waals surface area (Å²) in [7, 11) is -5.32. The maximum Gasteiger partial charge on any atom is 0.534 e.